The van der Waals surface area contributed by atoms with E-state index in [9.17, 15) is 0 Å². The Kier molecular flexibility index (Phi) is 3.46. The summed E-state index contributed by atoms with van der Waals surface area (Å²) in [5.74, 6) is 0.702. The van der Waals surface area contributed by atoms with Gasteiger partial charge in [-0.2, -0.15) is 0 Å². The molecular weight excluding hydrogens is 315 g/mol. The standard InChI is InChI=1S/C14H10Cl2N2OS/c1-19-8-5-6-9(15)12(7-8)18-13-10(16)3-2-4-11(13)17-14(18)20/h2-7H,1H3,(H,17,20). The van der Waals surface area contributed by atoms with Gasteiger partial charge in [0.05, 0.1) is 33.9 Å². The molecule has 0 aliphatic carbocycles. The van der Waals surface area contributed by atoms with Crippen molar-refractivity contribution in [3.05, 3.63) is 51.2 Å². The van der Waals surface area contributed by atoms with Crippen molar-refractivity contribution in [3.8, 4) is 11.4 Å². The molecular formula is C14H10Cl2N2OS. The molecule has 20 heavy (non-hydrogen) atoms. The van der Waals surface area contributed by atoms with E-state index in [1.807, 2.05) is 28.8 Å². The van der Waals surface area contributed by atoms with Crippen molar-refractivity contribution < 1.29 is 4.74 Å². The fourth-order valence-corrected chi connectivity index (χ4v) is 2.90. The quantitative estimate of drug-likeness (QED) is 0.672. The number of imidazole rings is 1. The Morgan fingerprint density at radius 3 is 2.70 bits per heavy atom. The number of methoxy groups -OCH3 is 1. The molecule has 3 aromatic rings. The number of H-pyrrole nitrogens is 1. The van der Waals surface area contributed by atoms with Crippen molar-refractivity contribution in [2.75, 3.05) is 7.11 Å². The number of para-hydroxylation sites is 1. The molecule has 0 atom stereocenters. The number of hydrogen-bond acceptors (Lipinski definition) is 2. The van der Waals surface area contributed by atoms with Gasteiger partial charge in [0.2, 0.25) is 0 Å². The van der Waals surface area contributed by atoms with E-state index >= 15 is 0 Å². The van der Waals surface area contributed by atoms with Gasteiger partial charge in [-0.25, -0.2) is 0 Å². The molecule has 3 nitrogen and oxygen atoms in total. The summed E-state index contributed by atoms with van der Waals surface area (Å²) in [6.07, 6.45) is 0. The summed E-state index contributed by atoms with van der Waals surface area (Å²) < 4.78 is 7.59. The minimum absolute atomic E-state index is 0.531. The first-order valence-corrected chi connectivity index (χ1v) is 7.01. The fraction of sp³-hybridized carbons (Fsp3) is 0.0714. The highest BCUT2D eigenvalue weighted by Gasteiger charge is 2.13. The van der Waals surface area contributed by atoms with E-state index < -0.39 is 0 Å². The lowest BCUT2D eigenvalue weighted by Gasteiger charge is -2.10. The molecule has 1 heterocycles. The fourth-order valence-electron chi connectivity index (χ4n) is 2.14. The van der Waals surface area contributed by atoms with Crippen LogP contribution in [-0.2, 0) is 0 Å². The largest absolute Gasteiger partial charge is 0.497 e. The zero-order valence-corrected chi connectivity index (χ0v) is 12.8. The van der Waals surface area contributed by atoms with Gasteiger partial charge in [-0.1, -0.05) is 29.3 Å². The van der Waals surface area contributed by atoms with Gasteiger partial charge in [0, 0.05) is 6.07 Å². The minimum atomic E-state index is 0.531. The molecule has 1 N–H and O–H groups in total. The van der Waals surface area contributed by atoms with Crippen LogP contribution < -0.4 is 4.74 Å². The van der Waals surface area contributed by atoms with E-state index in [0.717, 1.165) is 16.7 Å². The smallest absolute Gasteiger partial charge is 0.182 e. The summed E-state index contributed by atoms with van der Waals surface area (Å²) >= 11 is 18.0. The molecule has 2 aromatic carbocycles. The highest BCUT2D eigenvalue weighted by atomic mass is 35.5. The number of hydrogen-bond donors (Lipinski definition) is 1. The van der Waals surface area contributed by atoms with Crippen molar-refractivity contribution in [3.63, 3.8) is 0 Å². The van der Waals surface area contributed by atoms with Gasteiger partial charge in [0.1, 0.15) is 5.75 Å². The summed E-state index contributed by atoms with van der Waals surface area (Å²) in [6.45, 7) is 0. The molecule has 0 spiro atoms. The van der Waals surface area contributed by atoms with Crippen molar-refractivity contribution in [1.29, 1.82) is 0 Å². The van der Waals surface area contributed by atoms with Crippen LogP contribution >= 0.6 is 35.4 Å². The summed E-state index contributed by atoms with van der Waals surface area (Å²) in [7, 11) is 1.61. The van der Waals surface area contributed by atoms with Gasteiger partial charge in [-0.15, -0.1) is 0 Å². The molecule has 0 bridgehead atoms. The number of rotatable bonds is 2. The SMILES string of the molecule is COc1ccc(Cl)c(-n2c(=S)[nH]c3cccc(Cl)c32)c1. The second kappa shape index (κ2) is 5.13. The molecule has 3 rings (SSSR count). The predicted molar refractivity (Wildman–Crippen MR) is 85.0 cm³/mol. The third-order valence-electron chi connectivity index (χ3n) is 3.05. The topological polar surface area (TPSA) is 29.9 Å². The maximum atomic E-state index is 6.29. The lowest BCUT2D eigenvalue weighted by atomic mass is 10.2. The number of benzene rings is 2. The Balaban J connectivity index is 2.40. The van der Waals surface area contributed by atoms with Crippen molar-refractivity contribution in [2.24, 2.45) is 0 Å². The van der Waals surface area contributed by atoms with E-state index in [1.165, 1.54) is 0 Å². The number of halogens is 2. The molecule has 6 heteroatoms. The number of nitrogens with zero attached hydrogens (tertiary/aromatic N) is 1. The molecule has 0 fully saturated rings. The van der Waals surface area contributed by atoms with Crippen molar-refractivity contribution in [2.45, 2.75) is 0 Å². The van der Waals surface area contributed by atoms with Gasteiger partial charge in [0.15, 0.2) is 4.77 Å². The minimum Gasteiger partial charge on any atom is -0.497 e. The molecule has 0 aliphatic rings. The molecule has 1 aromatic heterocycles. The van der Waals surface area contributed by atoms with Crippen LogP contribution in [-0.4, -0.2) is 16.7 Å². The van der Waals surface area contributed by atoms with E-state index in [0.29, 0.717) is 20.6 Å². The van der Waals surface area contributed by atoms with E-state index in [4.69, 9.17) is 40.2 Å². The number of aromatic amines is 1. The molecule has 0 saturated heterocycles. The van der Waals surface area contributed by atoms with Gasteiger partial charge in [-0.05, 0) is 36.5 Å². The third-order valence-corrected chi connectivity index (χ3v) is 3.96. The van der Waals surface area contributed by atoms with E-state index in [2.05, 4.69) is 4.98 Å². The maximum Gasteiger partial charge on any atom is 0.182 e. The second-order valence-corrected chi connectivity index (χ2v) is 5.42. The monoisotopic (exact) mass is 324 g/mol. The highest BCUT2D eigenvalue weighted by molar-refractivity contribution is 7.71. The van der Waals surface area contributed by atoms with Crippen LogP contribution in [0.25, 0.3) is 16.7 Å². The van der Waals surface area contributed by atoms with Crippen LogP contribution in [0.15, 0.2) is 36.4 Å². The lowest BCUT2D eigenvalue weighted by molar-refractivity contribution is 0.414. The lowest BCUT2D eigenvalue weighted by Crippen LogP contribution is -1.96. The van der Waals surface area contributed by atoms with Crippen LogP contribution in [0.4, 0.5) is 0 Å². The number of aromatic nitrogens is 2. The van der Waals surface area contributed by atoms with Gasteiger partial charge >= 0.3 is 0 Å². The zero-order valence-electron chi connectivity index (χ0n) is 10.5. The summed E-state index contributed by atoms with van der Waals surface area (Å²) in [5.41, 5.74) is 2.39. The normalized spacial score (nSPS) is 10.9. The number of nitrogens with one attached hydrogen (secondary N) is 1. The van der Waals surface area contributed by atoms with Crippen LogP contribution in [0.5, 0.6) is 5.75 Å². The van der Waals surface area contributed by atoms with Crippen LogP contribution in [0.3, 0.4) is 0 Å². The average molecular weight is 325 g/mol. The highest BCUT2D eigenvalue weighted by Crippen LogP contribution is 2.31. The first-order chi connectivity index (χ1) is 9.61. The third kappa shape index (κ3) is 2.10. The van der Waals surface area contributed by atoms with Gasteiger partial charge < -0.3 is 9.72 Å². The first-order valence-electron chi connectivity index (χ1n) is 5.85. The van der Waals surface area contributed by atoms with Crippen LogP contribution in [0.1, 0.15) is 0 Å². The van der Waals surface area contributed by atoms with E-state index in [-0.39, 0.29) is 0 Å². The number of ether oxygens (including phenoxy) is 1. The Morgan fingerprint density at radius 1 is 1.15 bits per heavy atom. The van der Waals surface area contributed by atoms with Gasteiger partial charge in [-0.3, -0.25) is 4.57 Å². The van der Waals surface area contributed by atoms with Crippen molar-refractivity contribution >= 4 is 46.5 Å². The predicted octanol–water partition coefficient (Wildman–Crippen LogP) is 5.00. The Bertz CT molecular complexity index is 854. The maximum absolute atomic E-state index is 6.29. The molecule has 102 valence electrons. The summed E-state index contributed by atoms with van der Waals surface area (Å²) in [6, 6.07) is 11.0. The Hall–Kier alpha value is -1.49. The van der Waals surface area contributed by atoms with Crippen LogP contribution in [0.2, 0.25) is 10.0 Å². The van der Waals surface area contributed by atoms with Crippen molar-refractivity contribution in [1.82, 2.24) is 9.55 Å². The van der Waals surface area contributed by atoms with Gasteiger partial charge in [0.25, 0.3) is 0 Å². The average Bonchev–Trinajstić information content (AvgIpc) is 2.77. The van der Waals surface area contributed by atoms with E-state index in [1.54, 1.807) is 19.2 Å². The molecule has 0 unspecified atom stereocenters. The Morgan fingerprint density at radius 2 is 1.95 bits per heavy atom. The summed E-state index contributed by atoms with van der Waals surface area (Å²) in [4.78, 5) is 3.12. The molecule has 0 saturated carbocycles. The molecule has 0 radical (unpaired) electrons. The number of fused-ring (bicyclic) bond motifs is 1. The zero-order chi connectivity index (χ0) is 14.3. The van der Waals surface area contributed by atoms with Crippen LogP contribution in [0, 0.1) is 4.77 Å². The molecule has 0 aliphatic heterocycles. The summed E-state index contributed by atoms with van der Waals surface area (Å²) in [5, 5.41) is 1.18. The first kappa shape index (κ1) is 13.5. The second-order valence-electron chi connectivity index (χ2n) is 4.22. The molecule has 0 amide bonds. The Labute approximate surface area is 130 Å².